The van der Waals surface area contributed by atoms with Crippen molar-refractivity contribution >= 4 is 5.97 Å². The fourth-order valence-electron chi connectivity index (χ4n) is 2.48. The second kappa shape index (κ2) is 5.88. The predicted octanol–water partition coefficient (Wildman–Crippen LogP) is 4.18. The average molecular weight is 240 g/mol. The molecule has 2 heteroatoms. The minimum atomic E-state index is -0.334. The molecule has 0 amide bonds. The van der Waals surface area contributed by atoms with Crippen molar-refractivity contribution in [3.63, 3.8) is 0 Å². The first-order valence-electron chi connectivity index (χ1n) is 7.09. The second-order valence-corrected chi connectivity index (χ2v) is 6.37. The second-order valence-electron chi connectivity index (χ2n) is 6.37. The zero-order valence-corrected chi connectivity index (χ0v) is 12.1. The van der Waals surface area contributed by atoms with E-state index in [9.17, 15) is 4.79 Å². The summed E-state index contributed by atoms with van der Waals surface area (Å²) in [4.78, 5) is 12.1. The van der Waals surface area contributed by atoms with Crippen LogP contribution < -0.4 is 0 Å². The van der Waals surface area contributed by atoms with E-state index >= 15 is 0 Å². The Hall–Kier alpha value is -0.530. The van der Waals surface area contributed by atoms with Gasteiger partial charge in [0.15, 0.2) is 0 Å². The van der Waals surface area contributed by atoms with Crippen LogP contribution >= 0.6 is 0 Å². The lowest BCUT2D eigenvalue weighted by Gasteiger charge is -2.35. The summed E-state index contributed by atoms with van der Waals surface area (Å²) in [6.45, 7) is 10.5. The lowest BCUT2D eigenvalue weighted by atomic mass is 9.79. The van der Waals surface area contributed by atoms with E-state index in [1.165, 1.54) is 19.3 Å². The van der Waals surface area contributed by atoms with Crippen LogP contribution in [0.2, 0.25) is 0 Å². The number of carbonyl (C=O) groups is 1. The number of hydrogen-bond acceptors (Lipinski definition) is 2. The minimum Gasteiger partial charge on any atom is -0.462 e. The highest BCUT2D eigenvalue weighted by molar-refractivity contribution is 5.76. The first-order chi connectivity index (χ1) is 7.88. The summed E-state index contributed by atoms with van der Waals surface area (Å²) < 4.78 is 5.78. The van der Waals surface area contributed by atoms with Gasteiger partial charge in [-0.05, 0) is 51.4 Å². The molecule has 2 atom stereocenters. The standard InChI is InChI=1S/C15H28O2/c1-6-15(4,5)14(16)17-13-10-8-7-9-12(13)11(2)3/h11-13H,6-10H2,1-5H3. The van der Waals surface area contributed by atoms with Gasteiger partial charge in [0.2, 0.25) is 0 Å². The Kier molecular flexibility index (Phi) is 5.03. The van der Waals surface area contributed by atoms with E-state index in [0.29, 0.717) is 11.8 Å². The highest BCUT2D eigenvalue weighted by atomic mass is 16.5. The van der Waals surface area contributed by atoms with Gasteiger partial charge >= 0.3 is 5.97 Å². The maximum Gasteiger partial charge on any atom is 0.311 e. The van der Waals surface area contributed by atoms with Crippen molar-refractivity contribution in [2.24, 2.45) is 17.3 Å². The first-order valence-corrected chi connectivity index (χ1v) is 7.09. The number of rotatable bonds is 4. The molecule has 100 valence electrons. The highest BCUT2D eigenvalue weighted by Crippen LogP contribution is 2.34. The highest BCUT2D eigenvalue weighted by Gasteiger charge is 2.34. The molecule has 0 saturated heterocycles. The monoisotopic (exact) mass is 240 g/mol. The molecular weight excluding hydrogens is 212 g/mol. The lowest BCUT2D eigenvalue weighted by Crippen LogP contribution is -2.37. The van der Waals surface area contributed by atoms with Gasteiger partial charge in [0.05, 0.1) is 5.41 Å². The molecule has 0 aromatic rings. The first kappa shape index (κ1) is 14.5. The van der Waals surface area contributed by atoms with Crippen molar-refractivity contribution in [3.8, 4) is 0 Å². The zero-order valence-electron chi connectivity index (χ0n) is 12.1. The summed E-state index contributed by atoms with van der Waals surface area (Å²) in [6, 6.07) is 0. The van der Waals surface area contributed by atoms with Crippen molar-refractivity contribution in [1.29, 1.82) is 0 Å². The van der Waals surface area contributed by atoms with Crippen LogP contribution in [-0.2, 0) is 9.53 Å². The van der Waals surface area contributed by atoms with Crippen LogP contribution in [0.3, 0.4) is 0 Å². The normalized spacial score (nSPS) is 26.0. The number of hydrogen-bond donors (Lipinski definition) is 0. The van der Waals surface area contributed by atoms with Gasteiger partial charge in [-0.25, -0.2) is 0 Å². The molecule has 1 aliphatic rings. The molecule has 0 radical (unpaired) electrons. The summed E-state index contributed by atoms with van der Waals surface area (Å²) in [5, 5.41) is 0. The summed E-state index contributed by atoms with van der Waals surface area (Å²) in [5.41, 5.74) is -0.334. The molecule has 0 aromatic heterocycles. The van der Waals surface area contributed by atoms with Crippen molar-refractivity contribution < 1.29 is 9.53 Å². The molecule has 1 saturated carbocycles. The van der Waals surface area contributed by atoms with Crippen molar-refractivity contribution in [2.45, 2.75) is 72.8 Å². The quantitative estimate of drug-likeness (QED) is 0.689. The maximum atomic E-state index is 12.1. The molecule has 0 heterocycles. The summed E-state index contributed by atoms with van der Waals surface area (Å²) in [7, 11) is 0. The van der Waals surface area contributed by atoms with E-state index in [0.717, 1.165) is 12.8 Å². The van der Waals surface area contributed by atoms with Crippen LogP contribution in [0, 0.1) is 17.3 Å². The largest absolute Gasteiger partial charge is 0.462 e. The summed E-state index contributed by atoms with van der Waals surface area (Å²) in [6.07, 6.45) is 5.74. The van der Waals surface area contributed by atoms with Crippen LogP contribution in [0.4, 0.5) is 0 Å². The topological polar surface area (TPSA) is 26.3 Å². The molecule has 0 aromatic carbocycles. The fourth-order valence-corrected chi connectivity index (χ4v) is 2.48. The molecule has 1 fully saturated rings. The van der Waals surface area contributed by atoms with Crippen LogP contribution in [0.25, 0.3) is 0 Å². The number of ether oxygens (including phenoxy) is 1. The Labute approximate surface area is 106 Å². The third-order valence-corrected chi connectivity index (χ3v) is 4.30. The van der Waals surface area contributed by atoms with Crippen molar-refractivity contribution in [1.82, 2.24) is 0 Å². The molecular formula is C15H28O2. The van der Waals surface area contributed by atoms with Gasteiger partial charge in [-0.1, -0.05) is 27.2 Å². The maximum absolute atomic E-state index is 12.1. The van der Waals surface area contributed by atoms with Crippen LogP contribution in [0.15, 0.2) is 0 Å². The molecule has 1 aliphatic carbocycles. The third kappa shape index (κ3) is 3.72. The van der Waals surface area contributed by atoms with Gasteiger partial charge < -0.3 is 4.74 Å². The van der Waals surface area contributed by atoms with Gasteiger partial charge in [-0.3, -0.25) is 4.79 Å². The molecule has 0 aliphatic heterocycles. The summed E-state index contributed by atoms with van der Waals surface area (Å²) >= 11 is 0. The van der Waals surface area contributed by atoms with Gasteiger partial charge in [-0.15, -0.1) is 0 Å². The predicted molar refractivity (Wildman–Crippen MR) is 70.7 cm³/mol. The summed E-state index contributed by atoms with van der Waals surface area (Å²) in [5.74, 6) is 1.15. The van der Waals surface area contributed by atoms with E-state index < -0.39 is 0 Å². The molecule has 0 N–H and O–H groups in total. The van der Waals surface area contributed by atoms with Crippen molar-refractivity contribution in [3.05, 3.63) is 0 Å². The lowest BCUT2D eigenvalue weighted by molar-refractivity contribution is -0.165. The van der Waals surface area contributed by atoms with E-state index in [-0.39, 0.29) is 17.5 Å². The van der Waals surface area contributed by atoms with Crippen LogP contribution in [0.5, 0.6) is 0 Å². The SMILES string of the molecule is CCC(C)(C)C(=O)OC1CCCCC1C(C)C. The Morgan fingerprint density at radius 2 is 1.88 bits per heavy atom. The van der Waals surface area contributed by atoms with E-state index in [4.69, 9.17) is 4.74 Å². The van der Waals surface area contributed by atoms with Gasteiger partial charge in [0.1, 0.15) is 6.10 Å². The van der Waals surface area contributed by atoms with Crippen LogP contribution in [-0.4, -0.2) is 12.1 Å². The zero-order chi connectivity index (χ0) is 13.1. The average Bonchev–Trinajstić information content (AvgIpc) is 2.29. The molecule has 17 heavy (non-hydrogen) atoms. The van der Waals surface area contributed by atoms with E-state index in [1.807, 2.05) is 20.8 Å². The number of esters is 1. The minimum absolute atomic E-state index is 0.0162. The smallest absolute Gasteiger partial charge is 0.311 e. The number of carbonyl (C=O) groups excluding carboxylic acids is 1. The van der Waals surface area contributed by atoms with Gasteiger partial charge in [0.25, 0.3) is 0 Å². The molecule has 2 unspecified atom stereocenters. The third-order valence-electron chi connectivity index (χ3n) is 4.30. The Balaban J connectivity index is 2.62. The van der Waals surface area contributed by atoms with E-state index in [1.54, 1.807) is 0 Å². The Morgan fingerprint density at radius 1 is 1.29 bits per heavy atom. The van der Waals surface area contributed by atoms with Crippen molar-refractivity contribution in [2.75, 3.05) is 0 Å². The van der Waals surface area contributed by atoms with Gasteiger partial charge in [0, 0.05) is 0 Å². The van der Waals surface area contributed by atoms with E-state index in [2.05, 4.69) is 13.8 Å². The fraction of sp³-hybridized carbons (Fsp3) is 0.933. The Morgan fingerprint density at radius 3 is 2.41 bits per heavy atom. The molecule has 0 bridgehead atoms. The molecule has 1 rings (SSSR count). The van der Waals surface area contributed by atoms with Gasteiger partial charge in [-0.2, -0.15) is 0 Å². The van der Waals surface area contributed by atoms with Crippen LogP contribution in [0.1, 0.15) is 66.7 Å². The Bertz CT molecular complexity index is 256. The molecule has 2 nitrogen and oxygen atoms in total. The molecule has 0 spiro atoms.